The van der Waals surface area contributed by atoms with Crippen LogP contribution in [0.4, 0.5) is 10.6 Å². The predicted molar refractivity (Wildman–Crippen MR) is 81.2 cm³/mol. The number of pyridine rings is 1. The van der Waals surface area contributed by atoms with Crippen molar-refractivity contribution in [3.8, 4) is 5.88 Å². The van der Waals surface area contributed by atoms with Gasteiger partial charge in [-0.25, -0.2) is 4.79 Å². The fourth-order valence-electron chi connectivity index (χ4n) is 2.59. The fraction of sp³-hybridized carbons (Fsp3) is 0.533. The van der Waals surface area contributed by atoms with Gasteiger partial charge in [0, 0.05) is 19.2 Å². The summed E-state index contributed by atoms with van der Waals surface area (Å²) < 4.78 is 5.08. The number of rotatable bonds is 5. The third-order valence-electron chi connectivity index (χ3n) is 3.76. The Bertz CT molecular complexity index is 549. The van der Waals surface area contributed by atoms with E-state index in [1.54, 1.807) is 23.1 Å². The van der Waals surface area contributed by atoms with E-state index in [0.717, 1.165) is 12.8 Å². The summed E-state index contributed by atoms with van der Waals surface area (Å²) in [6.07, 6.45) is 1.20. The highest BCUT2D eigenvalue weighted by atomic mass is 16.5. The summed E-state index contributed by atoms with van der Waals surface area (Å²) in [5.41, 5.74) is 0. The molecule has 1 aromatic rings. The van der Waals surface area contributed by atoms with Gasteiger partial charge in [0.05, 0.1) is 7.11 Å². The Kier molecular flexibility index (Phi) is 5.19. The van der Waals surface area contributed by atoms with E-state index in [-0.39, 0.29) is 12.5 Å². The van der Waals surface area contributed by atoms with Crippen molar-refractivity contribution >= 4 is 17.8 Å². The molecule has 1 unspecified atom stereocenters. The molecule has 2 amide bonds. The molecule has 0 bridgehead atoms. The number of amides is 2. The summed E-state index contributed by atoms with van der Waals surface area (Å²) in [7, 11) is 1.51. The van der Waals surface area contributed by atoms with Gasteiger partial charge in [-0.1, -0.05) is 25.8 Å². The van der Waals surface area contributed by atoms with Gasteiger partial charge in [-0.05, 0) is 12.5 Å². The molecular formula is C15H21N3O4. The van der Waals surface area contributed by atoms with Crippen molar-refractivity contribution in [2.24, 2.45) is 0 Å². The summed E-state index contributed by atoms with van der Waals surface area (Å²) in [6.45, 7) is 2.60. The van der Waals surface area contributed by atoms with Crippen molar-refractivity contribution in [2.45, 2.75) is 32.2 Å². The van der Waals surface area contributed by atoms with Gasteiger partial charge in [-0.2, -0.15) is 4.98 Å². The van der Waals surface area contributed by atoms with E-state index in [1.165, 1.54) is 12.0 Å². The van der Waals surface area contributed by atoms with Crippen LogP contribution in [0.5, 0.6) is 5.88 Å². The monoisotopic (exact) mass is 307 g/mol. The number of aromatic nitrogens is 1. The lowest BCUT2D eigenvalue weighted by Crippen LogP contribution is -2.58. The molecule has 7 heteroatoms. The topological polar surface area (TPSA) is 83.0 Å². The van der Waals surface area contributed by atoms with E-state index in [4.69, 9.17) is 4.74 Å². The van der Waals surface area contributed by atoms with Crippen LogP contribution in [0.15, 0.2) is 18.2 Å². The standard InChI is InChI=1S/C15H21N3O4/c1-3-4-6-11-14(19)18(10-9-17(11)15(20)21)12-7-5-8-13(16-12)22-2/h5,7-8,11H,3-4,6,9-10H2,1-2H3,(H,20,21). The van der Waals surface area contributed by atoms with E-state index in [1.807, 2.05) is 6.92 Å². The number of hydrogen-bond donors (Lipinski definition) is 1. The maximum absolute atomic E-state index is 12.7. The minimum Gasteiger partial charge on any atom is -0.481 e. The first kappa shape index (κ1) is 16.1. The summed E-state index contributed by atoms with van der Waals surface area (Å²) in [5.74, 6) is 0.704. The Hall–Kier alpha value is -2.31. The van der Waals surface area contributed by atoms with Crippen molar-refractivity contribution in [1.82, 2.24) is 9.88 Å². The Labute approximate surface area is 129 Å². The molecule has 1 fully saturated rings. The van der Waals surface area contributed by atoms with Gasteiger partial charge in [0.25, 0.3) is 5.91 Å². The molecule has 1 N–H and O–H groups in total. The van der Waals surface area contributed by atoms with Gasteiger partial charge in [0.15, 0.2) is 0 Å². The minimum absolute atomic E-state index is 0.220. The number of carbonyl (C=O) groups is 2. The summed E-state index contributed by atoms with van der Waals surface area (Å²) in [5, 5.41) is 9.28. The van der Waals surface area contributed by atoms with Gasteiger partial charge >= 0.3 is 6.09 Å². The van der Waals surface area contributed by atoms with Crippen LogP contribution in [0.25, 0.3) is 0 Å². The molecule has 0 aromatic carbocycles. The number of unbranched alkanes of at least 4 members (excludes halogenated alkanes) is 1. The van der Waals surface area contributed by atoms with Gasteiger partial charge in [-0.15, -0.1) is 0 Å². The number of carboxylic acid groups (broad SMARTS) is 1. The molecule has 2 rings (SSSR count). The second kappa shape index (κ2) is 7.11. The first-order valence-electron chi connectivity index (χ1n) is 7.40. The molecular weight excluding hydrogens is 286 g/mol. The maximum Gasteiger partial charge on any atom is 0.408 e. The second-order valence-corrected chi connectivity index (χ2v) is 5.16. The van der Waals surface area contributed by atoms with Crippen LogP contribution in [-0.4, -0.2) is 53.2 Å². The zero-order chi connectivity index (χ0) is 16.1. The number of carbonyl (C=O) groups excluding carboxylic acids is 1. The zero-order valence-electron chi connectivity index (χ0n) is 12.9. The molecule has 2 heterocycles. The normalized spacial score (nSPS) is 18.5. The zero-order valence-corrected chi connectivity index (χ0v) is 12.9. The van der Waals surface area contributed by atoms with Gasteiger partial charge in [0.1, 0.15) is 11.9 Å². The molecule has 0 aliphatic carbocycles. The van der Waals surface area contributed by atoms with Crippen LogP contribution in [-0.2, 0) is 4.79 Å². The molecule has 1 atom stereocenters. The third kappa shape index (κ3) is 3.29. The smallest absolute Gasteiger partial charge is 0.408 e. The summed E-state index contributed by atoms with van der Waals surface area (Å²) in [6, 6.07) is 4.56. The summed E-state index contributed by atoms with van der Waals surface area (Å²) in [4.78, 5) is 31.1. The van der Waals surface area contributed by atoms with Crippen molar-refractivity contribution < 1.29 is 19.4 Å². The maximum atomic E-state index is 12.7. The van der Waals surface area contributed by atoms with Crippen LogP contribution in [0, 0.1) is 0 Å². The Balaban J connectivity index is 2.23. The lowest BCUT2D eigenvalue weighted by atomic mass is 10.0. The lowest BCUT2D eigenvalue weighted by Gasteiger charge is -2.38. The molecule has 0 radical (unpaired) electrons. The SMILES string of the molecule is CCCCC1C(=O)N(c2cccc(OC)n2)CCN1C(=O)O. The highest BCUT2D eigenvalue weighted by Gasteiger charge is 2.38. The Morgan fingerprint density at radius 2 is 2.23 bits per heavy atom. The largest absolute Gasteiger partial charge is 0.481 e. The van der Waals surface area contributed by atoms with Crippen molar-refractivity contribution in [3.05, 3.63) is 18.2 Å². The molecule has 1 aliphatic heterocycles. The molecule has 1 aromatic heterocycles. The number of piperazine rings is 1. The highest BCUT2D eigenvalue weighted by molar-refractivity contribution is 5.99. The summed E-state index contributed by atoms with van der Waals surface area (Å²) >= 11 is 0. The Morgan fingerprint density at radius 3 is 2.86 bits per heavy atom. The van der Waals surface area contributed by atoms with Crippen LogP contribution in [0.2, 0.25) is 0 Å². The van der Waals surface area contributed by atoms with Crippen LogP contribution < -0.4 is 9.64 Å². The van der Waals surface area contributed by atoms with Crippen LogP contribution in [0.1, 0.15) is 26.2 Å². The molecule has 7 nitrogen and oxygen atoms in total. The molecule has 0 saturated carbocycles. The molecule has 0 spiro atoms. The third-order valence-corrected chi connectivity index (χ3v) is 3.76. The van der Waals surface area contributed by atoms with E-state index >= 15 is 0 Å². The van der Waals surface area contributed by atoms with E-state index in [9.17, 15) is 14.7 Å². The number of ether oxygens (including phenoxy) is 1. The van der Waals surface area contributed by atoms with Gasteiger partial charge in [0.2, 0.25) is 5.88 Å². The van der Waals surface area contributed by atoms with Crippen molar-refractivity contribution in [3.63, 3.8) is 0 Å². The quantitative estimate of drug-likeness (QED) is 0.899. The van der Waals surface area contributed by atoms with Crippen LogP contribution in [0.3, 0.4) is 0 Å². The first-order valence-corrected chi connectivity index (χ1v) is 7.40. The number of methoxy groups -OCH3 is 1. The highest BCUT2D eigenvalue weighted by Crippen LogP contribution is 2.23. The number of anilines is 1. The van der Waals surface area contributed by atoms with Crippen molar-refractivity contribution in [1.29, 1.82) is 0 Å². The molecule has 1 aliphatic rings. The van der Waals surface area contributed by atoms with E-state index < -0.39 is 12.1 Å². The van der Waals surface area contributed by atoms with Crippen LogP contribution >= 0.6 is 0 Å². The minimum atomic E-state index is -1.05. The molecule has 22 heavy (non-hydrogen) atoms. The van der Waals surface area contributed by atoms with E-state index in [0.29, 0.717) is 24.7 Å². The van der Waals surface area contributed by atoms with E-state index in [2.05, 4.69) is 4.98 Å². The number of nitrogens with zero attached hydrogens (tertiary/aromatic N) is 3. The number of hydrogen-bond acceptors (Lipinski definition) is 4. The lowest BCUT2D eigenvalue weighted by molar-refractivity contribution is -0.125. The first-order chi connectivity index (χ1) is 10.6. The molecule has 1 saturated heterocycles. The fourth-order valence-corrected chi connectivity index (χ4v) is 2.59. The Morgan fingerprint density at radius 1 is 1.45 bits per heavy atom. The molecule has 120 valence electrons. The predicted octanol–water partition coefficient (Wildman–Crippen LogP) is 1.98. The van der Waals surface area contributed by atoms with Gasteiger partial charge in [-0.3, -0.25) is 14.6 Å². The average Bonchev–Trinajstić information content (AvgIpc) is 2.53. The average molecular weight is 307 g/mol. The van der Waals surface area contributed by atoms with Crippen molar-refractivity contribution in [2.75, 3.05) is 25.1 Å². The van der Waals surface area contributed by atoms with Gasteiger partial charge < -0.3 is 9.84 Å². The second-order valence-electron chi connectivity index (χ2n) is 5.16.